The van der Waals surface area contributed by atoms with E-state index >= 15 is 0 Å². The molecule has 0 aliphatic rings. The molecule has 0 saturated carbocycles. The number of hydrogen-bond acceptors (Lipinski definition) is 2. The van der Waals surface area contributed by atoms with E-state index in [1.807, 2.05) is 32.4 Å². The summed E-state index contributed by atoms with van der Waals surface area (Å²) in [6, 6.07) is 0. The van der Waals surface area contributed by atoms with E-state index in [-0.39, 0.29) is 5.91 Å². The van der Waals surface area contributed by atoms with Gasteiger partial charge in [-0.2, -0.15) is 5.10 Å². The van der Waals surface area contributed by atoms with Gasteiger partial charge in [0.05, 0.1) is 11.3 Å². The van der Waals surface area contributed by atoms with Gasteiger partial charge in [0.1, 0.15) is 0 Å². The lowest BCUT2D eigenvalue weighted by Gasteiger charge is -2.02. The van der Waals surface area contributed by atoms with Crippen LogP contribution in [0.1, 0.15) is 35.6 Å². The Labute approximate surface area is 84.3 Å². The van der Waals surface area contributed by atoms with Crippen molar-refractivity contribution in [3.63, 3.8) is 0 Å². The lowest BCUT2D eigenvalue weighted by Crippen LogP contribution is -2.23. The van der Waals surface area contributed by atoms with E-state index < -0.39 is 0 Å². The minimum atomic E-state index is -0.0257. The zero-order chi connectivity index (χ0) is 10.7. The first kappa shape index (κ1) is 10.8. The van der Waals surface area contributed by atoms with Gasteiger partial charge in [0.15, 0.2) is 0 Å². The van der Waals surface area contributed by atoms with Crippen LogP contribution in [0.4, 0.5) is 0 Å². The molecule has 0 unspecified atom stereocenters. The van der Waals surface area contributed by atoms with Crippen LogP contribution >= 0.6 is 0 Å². The molecule has 0 fully saturated rings. The average Bonchev–Trinajstić information content (AvgIpc) is 2.41. The Balaban J connectivity index is 3.07. The summed E-state index contributed by atoms with van der Waals surface area (Å²) in [7, 11) is 0. The predicted molar refractivity (Wildman–Crippen MR) is 55.4 cm³/mol. The largest absolute Gasteiger partial charge is 0.352 e. The Morgan fingerprint density at radius 3 is 2.50 bits per heavy atom. The summed E-state index contributed by atoms with van der Waals surface area (Å²) in [6.07, 6.45) is 0. The second-order valence-corrected chi connectivity index (χ2v) is 3.22. The normalized spacial score (nSPS) is 10.3. The molecule has 1 heterocycles. The third kappa shape index (κ3) is 1.78. The third-order valence-corrected chi connectivity index (χ3v) is 2.25. The lowest BCUT2D eigenvalue weighted by atomic mass is 10.2. The number of nitrogens with zero attached hydrogens (tertiary/aromatic N) is 2. The van der Waals surface area contributed by atoms with E-state index in [1.54, 1.807) is 0 Å². The maximum absolute atomic E-state index is 11.7. The van der Waals surface area contributed by atoms with Gasteiger partial charge in [0.25, 0.3) is 5.91 Å². The molecule has 0 spiro atoms. The lowest BCUT2D eigenvalue weighted by molar-refractivity contribution is 0.0954. The van der Waals surface area contributed by atoms with E-state index in [0.717, 1.165) is 17.9 Å². The Morgan fingerprint density at radius 2 is 2.07 bits per heavy atom. The molecule has 4 nitrogen and oxygen atoms in total. The van der Waals surface area contributed by atoms with Crippen LogP contribution in [0.25, 0.3) is 0 Å². The second kappa shape index (κ2) is 4.26. The van der Waals surface area contributed by atoms with E-state index in [2.05, 4.69) is 10.4 Å². The Bertz CT molecular complexity index is 341. The maximum Gasteiger partial charge on any atom is 0.255 e. The molecule has 1 N–H and O–H groups in total. The average molecular weight is 195 g/mol. The summed E-state index contributed by atoms with van der Waals surface area (Å²) in [4.78, 5) is 11.7. The minimum absolute atomic E-state index is 0.0257. The first-order chi connectivity index (χ1) is 6.61. The fourth-order valence-electron chi connectivity index (χ4n) is 1.58. The quantitative estimate of drug-likeness (QED) is 0.789. The first-order valence-corrected chi connectivity index (χ1v) is 4.94. The SMILES string of the molecule is CCNC(=O)c1c(C)nn(CC)c1C. The van der Waals surface area contributed by atoms with Crippen LogP contribution in [0, 0.1) is 13.8 Å². The van der Waals surface area contributed by atoms with Crippen LogP contribution in [0.2, 0.25) is 0 Å². The van der Waals surface area contributed by atoms with Crippen molar-refractivity contribution in [2.24, 2.45) is 0 Å². The highest BCUT2D eigenvalue weighted by Crippen LogP contribution is 2.12. The molecule has 14 heavy (non-hydrogen) atoms. The molecule has 0 aliphatic carbocycles. The van der Waals surface area contributed by atoms with Crippen molar-refractivity contribution < 1.29 is 4.79 Å². The smallest absolute Gasteiger partial charge is 0.255 e. The zero-order valence-corrected chi connectivity index (χ0v) is 9.22. The topological polar surface area (TPSA) is 46.9 Å². The summed E-state index contributed by atoms with van der Waals surface area (Å²) in [5, 5.41) is 7.08. The molecule has 1 aromatic rings. The number of aromatic nitrogens is 2. The van der Waals surface area contributed by atoms with Gasteiger partial charge in [0.2, 0.25) is 0 Å². The number of amides is 1. The van der Waals surface area contributed by atoms with Gasteiger partial charge < -0.3 is 5.32 Å². The number of rotatable bonds is 3. The summed E-state index contributed by atoms with van der Waals surface area (Å²) >= 11 is 0. The third-order valence-electron chi connectivity index (χ3n) is 2.25. The second-order valence-electron chi connectivity index (χ2n) is 3.22. The molecule has 0 aliphatic heterocycles. The van der Waals surface area contributed by atoms with Gasteiger partial charge in [-0.25, -0.2) is 0 Å². The molecular weight excluding hydrogens is 178 g/mol. The fraction of sp³-hybridized carbons (Fsp3) is 0.600. The van der Waals surface area contributed by atoms with Crippen LogP contribution in [0.3, 0.4) is 0 Å². The molecule has 1 aromatic heterocycles. The van der Waals surface area contributed by atoms with E-state index in [0.29, 0.717) is 12.1 Å². The van der Waals surface area contributed by atoms with Crippen molar-refractivity contribution >= 4 is 5.91 Å². The van der Waals surface area contributed by atoms with Gasteiger partial charge >= 0.3 is 0 Å². The van der Waals surface area contributed by atoms with Gasteiger partial charge in [-0.15, -0.1) is 0 Å². The number of nitrogens with one attached hydrogen (secondary N) is 1. The first-order valence-electron chi connectivity index (χ1n) is 4.94. The highest BCUT2D eigenvalue weighted by molar-refractivity contribution is 5.96. The van der Waals surface area contributed by atoms with Crippen molar-refractivity contribution in [1.82, 2.24) is 15.1 Å². The summed E-state index contributed by atoms with van der Waals surface area (Å²) in [5.41, 5.74) is 2.46. The van der Waals surface area contributed by atoms with Crippen LogP contribution in [0.15, 0.2) is 0 Å². The number of carbonyl (C=O) groups is 1. The van der Waals surface area contributed by atoms with Crippen molar-refractivity contribution in [3.8, 4) is 0 Å². The van der Waals surface area contributed by atoms with E-state index in [1.165, 1.54) is 0 Å². The predicted octanol–water partition coefficient (Wildman–Crippen LogP) is 1.27. The van der Waals surface area contributed by atoms with Crippen molar-refractivity contribution in [2.75, 3.05) is 6.54 Å². The summed E-state index contributed by atoms with van der Waals surface area (Å²) < 4.78 is 1.85. The van der Waals surface area contributed by atoms with Gasteiger partial charge in [0, 0.05) is 18.8 Å². The fourth-order valence-corrected chi connectivity index (χ4v) is 1.58. The maximum atomic E-state index is 11.7. The van der Waals surface area contributed by atoms with Crippen LogP contribution in [0.5, 0.6) is 0 Å². The van der Waals surface area contributed by atoms with E-state index in [9.17, 15) is 4.79 Å². The molecule has 0 radical (unpaired) electrons. The van der Waals surface area contributed by atoms with E-state index in [4.69, 9.17) is 0 Å². The number of carbonyl (C=O) groups excluding carboxylic acids is 1. The molecule has 1 amide bonds. The van der Waals surface area contributed by atoms with Crippen molar-refractivity contribution in [3.05, 3.63) is 17.0 Å². The molecule has 0 saturated heterocycles. The molecule has 1 rings (SSSR count). The van der Waals surface area contributed by atoms with Crippen molar-refractivity contribution in [2.45, 2.75) is 34.2 Å². The minimum Gasteiger partial charge on any atom is -0.352 e. The molecule has 0 aromatic carbocycles. The number of aryl methyl sites for hydroxylation is 2. The van der Waals surface area contributed by atoms with Crippen LogP contribution in [-0.2, 0) is 6.54 Å². The monoisotopic (exact) mass is 195 g/mol. The highest BCUT2D eigenvalue weighted by Gasteiger charge is 2.16. The molecular formula is C10H17N3O. The van der Waals surface area contributed by atoms with Gasteiger partial charge in [-0.05, 0) is 27.7 Å². The number of hydrogen-bond donors (Lipinski definition) is 1. The standard InChI is InChI=1S/C10H17N3O/c1-5-11-10(14)9-7(3)12-13(6-2)8(9)4/h5-6H2,1-4H3,(H,11,14). The Hall–Kier alpha value is -1.32. The van der Waals surface area contributed by atoms with Crippen LogP contribution < -0.4 is 5.32 Å². The zero-order valence-electron chi connectivity index (χ0n) is 9.22. The molecule has 0 bridgehead atoms. The Morgan fingerprint density at radius 1 is 1.43 bits per heavy atom. The summed E-state index contributed by atoms with van der Waals surface area (Å²) in [5.74, 6) is -0.0257. The van der Waals surface area contributed by atoms with Crippen molar-refractivity contribution in [1.29, 1.82) is 0 Å². The summed E-state index contributed by atoms with van der Waals surface area (Å²) in [6.45, 7) is 9.16. The molecule has 4 heteroatoms. The molecule has 0 atom stereocenters. The van der Waals surface area contributed by atoms with Crippen LogP contribution in [-0.4, -0.2) is 22.2 Å². The Kier molecular flexibility index (Phi) is 3.28. The highest BCUT2D eigenvalue weighted by atomic mass is 16.1. The molecule has 78 valence electrons. The van der Waals surface area contributed by atoms with Gasteiger partial charge in [-0.1, -0.05) is 0 Å². The van der Waals surface area contributed by atoms with Gasteiger partial charge in [-0.3, -0.25) is 9.48 Å².